The fraction of sp³-hybridized carbons (Fsp3) is 0.550. The molecule has 0 radical (unpaired) electrons. The van der Waals surface area contributed by atoms with Crippen molar-refractivity contribution in [1.82, 2.24) is 10.2 Å². The highest BCUT2D eigenvalue weighted by atomic mass is 35.5. The molecule has 1 aliphatic rings. The van der Waals surface area contributed by atoms with Crippen molar-refractivity contribution in [1.29, 1.82) is 0 Å². The van der Waals surface area contributed by atoms with E-state index >= 15 is 0 Å². The second-order valence-corrected chi connectivity index (χ2v) is 7.25. The van der Waals surface area contributed by atoms with Crippen molar-refractivity contribution in [3.05, 3.63) is 34.9 Å². The molecule has 1 aromatic rings. The number of hydrogen-bond acceptors (Lipinski definition) is 4. The number of ether oxygens (including phenoxy) is 1. The number of benzene rings is 1. The van der Waals surface area contributed by atoms with Gasteiger partial charge in [-0.2, -0.15) is 0 Å². The standard InChI is InChI=1S/C20H27ClN2O4/c1-3-17-6-4-5-11-23(17)19(25)13-27-20(26)12-18(22-14(2)24)15-7-9-16(21)10-8-15/h7-10,17-18H,3-6,11-13H2,1-2H3,(H,22,24). The van der Waals surface area contributed by atoms with Crippen LogP contribution in [0.5, 0.6) is 0 Å². The first-order valence-electron chi connectivity index (χ1n) is 9.38. The zero-order chi connectivity index (χ0) is 19.8. The van der Waals surface area contributed by atoms with Gasteiger partial charge in [0.25, 0.3) is 5.91 Å². The topological polar surface area (TPSA) is 75.7 Å². The molecule has 1 aromatic carbocycles. The molecule has 148 valence electrons. The molecule has 6 nitrogen and oxygen atoms in total. The van der Waals surface area contributed by atoms with Gasteiger partial charge in [0.2, 0.25) is 5.91 Å². The molecule has 0 saturated carbocycles. The minimum atomic E-state index is -0.527. The van der Waals surface area contributed by atoms with E-state index in [1.165, 1.54) is 6.92 Å². The van der Waals surface area contributed by atoms with Crippen molar-refractivity contribution < 1.29 is 19.1 Å². The number of rotatable bonds is 7. The summed E-state index contributed by atoms with van der Waals surface area (Å²) in [4.78, 5) is 37.9. The lowest BCUT2D eigenvalue weighted by molar-refractivity contribution is -0.154. The van der Waals surface area contributed by atoms with Crippen molar-refractivity contribution in [3.63, 3.8) is 0 Å². The molecule has 0 spiro atoms. The number of nitrogens with one attached hydrogen (secondary N) is 1. The van der Waals surface area contributed by atoms with Gasteiger partial charge in [0, 0.05) is 24.5 Å². The molecule has 0 aromatic heterocycles. The molecule has 2 amide bonds. The largest absolute Gasteiger partial charge is 0.455 e. The minimum absolute atomic E-state index is 0.0499. The van der Waals surface area contributed by atoms with Gasteiger partial charge in [0.15, 0.2) is 6.61 Å². The predicted octanol–water partition coefficient (Wildman–Crippen LogP) is 3.24. The maximum atomic E-state index is 12.4. The first-order chi connectivity index (χ1) is 12.9. The number of hydrogen-bond donors (Lipinski definition) is 1. The Morgan fingerprint density at radius 1 is 1.26 bits per heavy atom. The third-order valence-electron chi connectivity index (χ3n) is 4.80. The Morgan fingerprint density at radius 3 is 2.59 bits per heavy atom. The molecule has 27 heavy (non-hydrogen) atoms. The second-order valence-electron chi connectivity index (χ2n) is 6.81. The molecule has 2 atom stereocenters. The van der Waals surface area contributed by atoms with Crippen LogP contribution in [0.15, 0.2) is 24.3 Å². The van der Waals surface area contributed by atoms with E-state index in [4.69, 9.17) is 16.3 Å². The molecule has 1 aliphatic heterocycles. The molecular weight excluding hydrogens is 368 g/mol. The lowest BCUT2D eigenvalue weighted by Gasteiger charge is -2.35. The lowest BCUT2D eigenvalue weighted by atomic mass is 10.00. The molecule has 1 heterocycles. The summed E-state index contributed by atoms with van der Waals surface area (Å²) in [5.74, 6) is -0.933. The number of esters is 1. The Bertz CT molecular complexity index is 662. The maximum Gasteiger partial charge on any atom is 0.308 e. The Kier molecular flexibility index (Phi) is 8.10. The van der Waals surface area contributed by atoms with Gasteiger partial charge in [0.05, 0.1) is 12.5 Å². The minimum Gasteiger partial charge on any atom is -0.455 e. The van der Waals surface area contributed by atoms with Crippen LogP contribution in [0, 0.1) is 0 Å². The number of halogens is 1. The summed E-state index contributed by atoms with van der Waals surface area (Å²) in [5.41, 5.74) is 0.750. The van der Waals surface area contributed by atoms with Gasteiger partial charge in [-0.05, 0) is 43.4 Å². The van der Waals surface area contributed by atoms with Crippen LogP contribution in [0.3, 0.4) is 0 Å². The van der Waals surface area contributed by atoms with Gasteiger partial charge in [0.1, 0.15) is 0 Å². The summed E-state index contributed by atoms with van der Waals surface area (Å²) in [6.45, 7) is 3.91. The van der Waals surface area contributed by atoms with Gasteiger partial charge < -0.3 is 15.0 Å². The number of likely N-dealkylation sites (tertiary alicyclic amines) is 1. The van der Waals surface area contributed by atoms with E-state index in [1.54, 1.807) is 24.3 Å². The van der Waals surface area contributed by atoms with Gasteiger partial charge in [-0.25, -0.2) is 0 Å². The van der Waals surface area contributed by atoms with Crippen LogP contribution >= 0.6 is 11.6 Å². The second kappa shape index (κ2) is 10.3. The van der Waals surface area contributed by atoms with E-state index in [9.17, 15) is 14.4 Å². The summed E-state index contributed by atoms with van der Waals surface area (Å²) < 4.78 is 5.20. The van der Waals surface area contributed by atoms with Crippen molar-refractivity contribution >= 4 is 29.4 Å². The van der Waals surface area contributed by atoms with Gasteiger partial charge >= 0.3 is 5.97 Å². The molecule has 1 fully saturated rings. The lowest BCUT2D eigenvalue weighted by Crippen LogP contribution is -2.45. The number of amides is 2. The van der Waals surface area contributed by atoms with Crippen LogP contribution in [-0.2, 0) is 19.1 Å². The highest BCUT2D eigenvalue weighted by molar-refractivity contribution is 6.30. The third-order valence-corrected chi connectivity index (χ3v) is 5.05. The molecule has 7 heteroatoms. The van der Waals surface area contributed by atoms with E-state index in [0.29, 0.717) is 11.6 Å². The van der Waals surface area contributed by atoms with Crippen molar-refractivity contribution in [2.24, 2.45) is 0 Å². The first-order valence-corrected chi connectivity index (χ1v) is 9.76. The van der Waals surface area contributed by atoms with Gasteiger partial charge in [-0.3, -0.25) is 14.4 Å². The smallest absolute Gasteiger partial charge is 0.308 e. The zero-order valence-electron chi connectivity index (χ0n) is 15.9. The van der Waals surface area contributed by atoms with Crippen LogP contribution < -0.4 is 5.32 Å². The van der Waals surface area contributed by atoms with E-state index in [-0.39, 0.29) is 30.9 Å². The molecule has 0 aliphatic carbocycles. The normalized spacial score (nSPS) is 17.9. The van der Waals surface area contributed by atoms with Crippen molar-refractivity contribution in [2.45, 2.75) is 58.0 Å². The highest BCUT2D eigenvalue weighted by Gasteiger charge is 2.26. The summed E-state index contributed by atoms with van der Waals surface area (Å²) in [7, 11) is 0. The summed E-state index contributed by atoms with van der Waals surface area (Å²) in [6, 6.07) is 6.60. The Balaban J connectivity index is 1.92. The predicted molar refractivity (Wildman–Crippen MR) is 103 cm³/mol. The Morgan fingerprint density at radius 2 is 1.96 bits per heavy atom. The van der Waals surface area contributed by atoms with Gasteiger partial charge in [-0.15, -0.1) is 0 Å². The SMILES string of the molecule is CCC1CCCCN1C(=O)COC(=O)CC(NC(C)=O)c1ccc(Cl)cc1. The van der Waals surface area contributed by atoms with Crippen LogP contribution in [-0.4, -0.2) is 41.9 Å². The summed E-state index contributed by atoms with van der Waals surface area (Å²) in [6.07, 6.45) is 3.96. The fourth-order valence-electron chi connectivity index (χ4n) is 3.40. The maximum absolute atomic E-state index is 12.4. The average molecular weight is 395 g/mol. The zero-order valence-corrected chi connectivity index (χ0v) is 16.6. The molecule has 1 saturated heterocycles. The number of piperidine rings is 1. The Labute approximate surface area is 165 Å². The van der Waals surface area contributed by atoms with Crippen LogP contribution in [0.2, 0.25) is 5.02 Å². The van der Waals surface area contributed by atoms with E-state index in [0.717, 1.165) is 31.2 Å². The van der Waals surface area contributed by atoms with Crippen LogP contribution in [0.4, 0.5) is 0 Å². The van der Waals surface area contributed by atoms with E-state index in [2.05, 4.69) is 12.2 Å². The third kappa shape index (κ3) is 6.54. The monoisotopic (exact) mass is 394 g/mol. The number of nitrogens with zero attached hydrogens (tertiary/aromatic N) is 1. The Hall–Kier alpha value is -2.08. The average Bonchev–Trinajstić information content (AvgIpc) is 2.65. The van der Waals surface area contributed by atoms with Crippen molar-refractivity contribution in [2.75, 3.05) is 13.2 Å². The number of carbonyl (C=O) groups excluding carboxylic acids is 3. The van der Waals surface area contributed by atoms with E-state index < -0.39 is 12.0 Å². The molecule has 1 N–H and O–H groups in total. The molecule has 0 bridgehead atoms. The summed E-state index contributed by atoms with van der Waals surface area (Å²) >= 11 is 5.89. The van der Waals surface area contributed by atoms with Crippen LogP contribution in [0.25, 0.3) is 0 Å². The quantitative estimate of drug-likeness (QED) is 0.720. The van der Waals surface area contributed by atoms with Crippen molar-refractivity contribution in [3.8, 4) is 0 Å². The molecular formula is C20H27ClN2O4. The molecule has 2 unspecified atom stereocenters. The first kappa shape index (κ1) is 21.2. The van der Waals surface area contributed by atoms with Crippen LogP contribution in [0.1, 0.15) is 57.6 Å². The molecule has 2 rings (SSSR count). The van der Waals surface area contributed by atoms with Gasteiger partial charge in [-0.1, -0.05) is 30.7 Å². The van der Waals surface area contributed by atoms with E-state index in [1.807, 2.05) is 4.90 Å². The highest BCUT2D eigenvalue weighted by Crippen LogP contribution is 2.21. The fourth-order valence-corrected chi connectivity index (χ4v) is 3.52. The summed E-state index contributed by atoms with van der Waals surface area (Å²) in [5, 5.41) is 3.31. The number of carbonyl (C=O) groups is 3.